The zero-order valence-corrected chi connectivity index (χ0v) is 23.2. The van der Waals surface area contributed by atoms with Gasteiger partial charge in [0.15, 0.2) is 0 Å². The first kappa shape index (κ1) is 29.5. The normalized spacial score (nSPS) is 17.0. The van der Waals surface area contributed by atoms with Crippen molar-refractivity contribution in [3.63, 3.8) is 0 Å². The van der Waals surface area contributed by atoms with Gasteiger partial charge in [0.2, 0.25) is 15.8 Å². The minimum absolute atomic E-state index is 0.0396. The van der Waals surface area contributed by atoms with Crippen molar-refractivity contribution in [1.29, 1.82) is 0 Å². The quantitative estimate of drug-likeness (QED) is 0.276. The van der Waals surface area contributed by atoms with Crippen LogP contribution in [-0.4, -0.2) is 59.7 Å². The molecule has 224 valence electrons. The third kappa shape index (κ3) is 6.41. The summed E-state index contributed by atoms with van der Waals surface area (Å²) in [6.45, 7) is 0.557. The van der Waals surface area contributed by atoms with Gasteiger partial charge in [-0.3, -0.25) is 14.9 Å². The number of nitro benzene ring substituents is 1. The molecular formula is C27H28F3N5O6S. The fraction of sp³-hybridized carbons (Fsp3) is 0.407. The largest absolute Gasteiger partial charge is 0.483 e. The van der Waals surface area contributed by atoms with E-state index in [0.717, 1.165) is 42.5 Å². The van der Waals surface area contributed by atoms with Gasteiger partial charge in [-0.05, 0) is 49.4 Å². The average molecular weight is 608 g/mol. The number of nitrogens with zero attached hydrogens (tertiary/aromatic N) is 5. The molecule has 11 nitrogen and oxygen atoms in total. The van der Waals surface area contributed by atoms with Crippen molar-refractivity contribution in [3.05, 3.63) is 86.3 Å². The molecule has 0 amide bonds. The lowest BCUT2D eigenvalue weighted by Crippen LogP contribution is -2.49. The first-order valence-electron chi connectivity index (χ1n) is 13.3. The van der Waals surface area contributed by atoms with Crippen LogP contribution in [0.15, 0.2) is 59.5 Å². The zero-order valence-electron chi connectivity index (χ0n) is 22.4. The van der Waals surface area contributed by atoms with Gasteiger partial charge in [0, 0.05) is 38.3 Å². The van der Waals surface area contributed by atoms with Gasteiger partial charge in [-0.25, -0.2) is 8.42 Å². The van der Waals surface area contributed by atoms with Gasteiger partial charge in [-0.1, -0.05) is 18.2 Å². The molecule has 0 spiro atoms. The highest BCUT2D eigenvalue weighted by Gasteiger charge is 2.33. The van der Waals surface area contributed by atoms with Crippen molar-refractivity contribution in [1.82, 2.24) is 14.1 Å². The summed E-state index contributed by atoms with van der Waals surface area (Å²) in [4.78, 5) is 25.8. The van der Waals surface area contributed by atoms with Gasteiger partial charge < -0.3 is 9.64 Å². The van der Waals surface area contributed by atoms with Crippen LogP contribution in [0.2, 0.25) is 0 Å². The van der Waals surface area contributed by atoms with Crippen LogP contribution in [0.5, 0.6) is 5.75 Å². The molecule has 0 N–H and O–H groups in total. The summed E-state index contributed by atoms with van der Waals surface area (Å²) in [6.07, 6.45) is -0.160. The van der Waals surface area contributed by atoms with E-state index in [-0.39, 0.29) is 49.4 Å². The molecule has 1 aliphatic carbocycles. The Morgan fingerprint density at radius 2 is 1.71 bits per heavy atom. The Labute approximate surface area is 239 Å². The number of nitro groups is 1. The van der Waals surface area contributed by atoms with Gasteiger partial charge in [0.1, 0.15) is 5.69 Å². The van der Waals surface area contributed by atoms with Crippen LogP contribution in [-0.2, 0) is 22.0 Å². The lowest BCUT2D eigenvalue weighted by Gasteiger charge is -2.36. The topological polar surface area (TPSA) is 128 Å². The number of alkyl halides is 3. The summed E-state index contributed by atoms with van der Waals surface area (Å²) >= 11 is 0. The number of aromatic nitrogens is 2. The number of piperazine rings is 1. The predicted octanol–water partition coefficient (Wildman–Crippen LogP) is 4.13. The Hall–Kier alpha value is -3.98. The molecule has 1 aromatic heterocycles. The second-order valence-corrected chi connectivity index (χ2v) is 12.2. The van der Waals surface area contributed by atoms with Crippen LogP contribution in [0.25, 0.3) is 5.69 Å². The molecule has 0 radical (unpaired) electrons. The number of ether oxygens (including phenoxy) is 1. The molecule has 0 bridgehead atoms. The van der Waals surface area contributed by atoms with Gasteiger partial charge in [-0.15, -0.1) is 0 Å². The fourth-order valence-electron chi connectivity index (χ4n) is 5.20. The number of rotatable bonds is 8. The summed E-state index contributed by atoms with van der Waals surface area (Å²) in [7, 11) is -3.80. The smallest absolute Gasteiger partial charge is 0.416 e. The van der Waals surface area contributed by atoms with E-state index in [0.29, 0.717) is 11.3 Å². The van der Waals surface area contributed by atoms with Crippen LogP contribution < -0.4 is 15.2 Å². The fourth-order valence-corrected chi connectivity index (χ4v) is 6.71. The molecule has 42 heavy (non-hydrogen) atoms. The van der Waals surface area contributed by atoms with E-state index in [9.17, 15) is 36.5 Å². The summed E-state index contributed by atoms with van der Waals surface area (Å²) in [5, 5.41) is 15.2. The third-order valence-electron chi connectivity index (χ3n) is 7.36. The maximum Gasteiger partial charge on any atom is 0.416 e. The molecule has 2 aromatic carbocycles. The van der Waals surface area contributed by atoms with Gasteiger partial charge in [0.05, 0.1) is 34.2 Å². The second kappa shape index (κ2) is 11.7. The van der Waals surface area contributed by atoms with Crippen LogP contribution in [0.4, 0.5) is 24.5 Å². The maximum absolute atomic E-state index is 13.6. The van der Waals surface area contributed by atoms with E-state index in [2.05, 4.69) is 5.10 Å². The Morgan fingerprint density at radius 3 is 2.38 bits per heavy atom. The third-order valence-corrected chi connectivity index (χ3v) is 9.21. The molecule has 0 atom stereocenters. The highest BCUT2D eigenvalue weighted by Crippen LogP contribution is 2.32. The first-order chi connectivity index (χ1) is 19.9. The van der Waals surface area contributed by atoms with Crippen LogP contribution in [0, 0.1) is 10.1 Å². The predicted molar refractivity (Wildman–Crippen MR) is 147 cm³/mol. The molecule has 3 aromatic rings. The number of non-ortho nitro benzene ring substituents is 1. The van der Waals surface area contributed by atoms with Gasteiger partial charge in [-0.2, -0.15) is 27.3 Å². The molecule has 2 aliphatic rings. The maximum atomic E-state index is 13.6. The molecule has 1 saturated heterocycles. The van der Waals surface area contributed by atoms with Crippen LogP contribution >= 0.6 is 0 Å². The molecule has 1 aliphatic heterocycles. The van der Waals surface area contributed by atoms with E-state index >= 15 is 0 Å². The monoisotopic (exact) mass is 607 g/mol. The Kier molecular flexibility index (Phi) is 8.23. The van der Waals surface area contributed by atoms with Crippen LogP contribution in [0.3, 0.4) is 0 Å². The number of halogens is 3. The standard InChI is InChI=1S/C27H28F3N5O6S/c28-27(29,30)20-6-4-7-21(16-20)34-26(36)25(41-23-9-1-2-10-23)24(17-31-34)32-11-13-33(14-12-32)42(39,40)18-19-5-3-8-22(15-19)35(37)38/h3-8,15-17,23H,1-2,9-14,18H2. The summed E-state index contributed by atoms with van der Waals surface area (Å²) in [5.41, 5.74) is -1.26. The van der Waals surface area contributed by atoms with Crippen molar-refractivity contribution < 1.29 is 31.2 Å². The summed E-state index contributed by atoms with van der Waals surface area (Å²) in [6, 6.07) is 9.77. The number of hydrogen-bond acceptors (Lipinski definition) is 8. The molecular weight excluding hydrogens is 579 g/mol. The summed E-state index contributed by atoms with van der Waals surface area (Å²) < 4.78 is 74.4. The van der Waals surface area contributed by atoms with Gasteiger partial charge in [0.25, 0.3) is 5.69 Å². The van der Waals surface area contributed by atoms with Crippen molar-refractivity contribution in [2.75, 3.05) is 31.1 Å². The average Bonchev–Trinajstić information content (AvgIpc) is 3.47. The Bertz CT molecular complexity index is 1630. The lowest BCUT2D eigenvalue weighted by molar-refractivity contribution is -0.384. The van der Waals surface area contributed by atoms with E-state index in [1.807, 2.05) is 0 Å². The van der Waals surface area contributed by atoms with Crippen molar-refractivity contribution in [2.24, 2.45) is 0 Å². The molecule has 1 saturated carbocycles. The van der Waals surface area contributed by atoms with E-state index in [1.54, 1.807) is 4.90 Å². The highest BCUT2D eigenvalue weighted by molar-refractivity contribution is 7.88. The van der Waals surface area contributed by atoms with Crippen molar-refractivity contribution in [2.45, 2.75) is 43.7 Å². The minimum Gasteiger partial charge on any atom is -0.483 e. The molecule has 15 heteroatoms. The Balaban J connectivity index is 1.38. The number of sulfonamides is 1. The molecule has 2 heterocycles. The minimum atomic E-state index is -4.60. The summed E-state index contributed by atoms with van der Waals surface area (Å²) in [5.74, 6) is -0.443. The van der Waals surface area contributed by atoms with E-state index < -0.39 is 38.0 Å². The Morgan fingerprint density at radius 1 is 1.02 bits per heavy atom. The highest BCUT2D eigenvalue weighted by atomic mass is 32.2. The van der Waals surface area contributed by atoms with Crippen LogP contribution in [0.1, 0.15) is 36.8 Å². The molecule has 2 fully saturated rings. The molecule has 5 rings (SSSR count). The SMILES string of the molecule is O=c1c(OC2CCCC2)c(N2CCN(S(=O)(=O)Cc3cccc([N+](=O)[O-])c3)CC2)cnn1-c1cccc(C(F)(F)F)c1. The van der Waals surface area contributed by atoms with Gasteiger partial charge >= 0.3 is 11.7 Å². The number of anilines is 1. The van der Waals surface area contributed by atoms with Crippen molar-refractivity contribution >= 4 is 21.4 Å². The lowest BCUT2D eigenvalue weighted by atomic mass is 10.2. The van der Waals surface area contributed by atoms with Crippen molar-refractivity contribution in [3.8, 4) is 11.4 Å². The molecule has 0 unspecified atom stereocenters. The van der Waals surface area contributed by atoms with E-state index in [1.165, 1.54) is 46.9 Å². The second-order valence-electron chi connectivity index (χ2n) is 10.2. The zero-order chi connectivity index (χ0) is 30.1. The number of hydrogen-bond donors (Lipinski definition) is 0. The number of benzene rings is 2. The van der Waals surface area contributed by atoms with E-state index in [4.69, 9.17) is 4.74 Å². The first-order valence-corrected chi connectivity index (χ1v) is 15.0.